The van der Waals surface area contributed by atoms with Gasteiger partial charge in [-0.25, -0.2) is 14.8 Å². The van der Waals surface area contributed by atoms with Crippen LogP contribution in [0.1, 0.15) is 34.5 Å². The second-order valence-electron chi connectivity index (χ2n) is 5.87. The van der Waals surface area contributed by atoms with E-state index in [9.17, 15) is 18.0 Å². The number of aryl methyl sites for hydroxylation is 1. The molecule has 1 aromatic heterocycles. The lowest BCUT2D eigenvalue weighted by Crippen LogP contribution is -2.19. The zero-order valence-electron chi connectivity index (χ0n) is 13.3. The Morgan fingerprint density at radius 2 is 1.96 bits per heavy atom. The minimum atomic E-state index is -4.76. The highest BCUT2D eigenvalue weighted by atomic mass is 32.2. The number of carbonyl (C=O) groups excluding carboxylic acids is 1. The van der Waals surface area contributed by atoms with Crippen molar-refractivity contribution in [1.29, 1.82) is 0 Å². The molecule has 1 heterocycles. The summed E-state index contributed by atoms with van der Waals surface area (Å²) < 4.78 is 44.8. The molecule has 2 aromatic rings. The molecular weight excluding hydrogens is 353 g/mol. The third kappa shape index (κ3) is 4.72. The summed E-state index contributed by atoms with van der Waals surface area (Å²) in [5.74, 6) is -0.776. The smallest absolute Gasteiger partial charge is 0.434 e. The average Bonchev–Trinajstić information content (AvgIpc) is 3.38. The van der Waals surface area contributed by atoms with Gasteiger partial charge in [-0.3, -0.25) is 0 Å². The van der Waals surface area contributed by atoms with E-state index in [4.69, 9.17) is 4.74 Å². The van der Waals surface area contributed by atoms with Crippen LogP contribution in [0.4, 0.5) is 13.2 Å². The summed E-state index contributed by atoms with van der Waals surface area (Å²) in [6.45, 7) is 2.05. The van der Waals surface area contributed by atoms with Crippen molar-refractivity contribution >= 4 is 17.7 Å². The number of benzene rings is 1. The molecule has 0 saturated heterocycles. The number of esters is 1. The van der Waals surface area contributed by atoms with Crippen molar-refractivity contribution in [3.8, 4) is 0 Å². The first-order chi connectivity index (χ1) is 11.8. The van der Waals surface area contributed by atoms with Gasteiger partial charge in [-0.05, 0) is 49.6 Å². The van der Waals surface area contributed by atoms with Crippen molar-refractivity contribution in [2.45, 2.75) is 36.0 Å². The maximum absolute atomic E-state index is 13.3. The summed E-state index contributed by atoms with van der Waals surface area (Å²) >= 11 is 1.00. The maximum atomic E-state index is 13.3. The van der Waals surface area contributed by atoms with Crippen molar-refractivity contribution in [1.82, 2.24) is 9.97 Å². The molecule has 0 spiro atoms. The number of aromatic nitrogens is 2. The molecule has 132 valence electrons. The van der Waals surface area contributed by atoms with Gasteiger partial charge in [0, 0.05) is 11.1 Å². The zero-order valence-corrected chi connectivity index (χ0v) is 14.2. The highest BCUT2D eigenvalue weighted by Gasteiger charge is 2.39. The molecule has 1 saturated carbocycles. The van der Waals surface area contributed by atoms with E-state index in [0.717, 1.165) is 36.4 Å². The van der Waals surface area contributed by atoms with E-state index in [1.54, 1.807) is 12.1 Å². The fraction of sp³-hybridized carbons (Fsp3) is 0.353. The SMILES string of the molecule is Cc1ccc(Sc2ncc(C(=O)OCC3CC3)c(C(F)(F)F)n2)cc1. The van der Waals surface area contributed by atoms with Gasteiger partial charge in [0.05, 0.1) is 6.61 Å². The number of hydrogen-bond acceptors (Lipinski definition) is 5. The molecule has 0 amide bonds. The fourth-order valence-electron chi connectivity index (χ4n) is 2.05. The van der Waals surface area contributed by atoms with Gasteiger partial charge in [-0.2, -0.15) is 13.2 Å². The standard InChI is InChI=1S/C17H15F3N2O2S/c1-10-2-6-12(7-3-10)25-16-21-8-13(14(22-16)17(18,19)20)15(23)24-9-11-4-5-11/h2-3,6-8,11H,4-5,9H2,1H3. The van der Waals surface area contributed by atoms with Crippen molar-refractivity contribution in [3.05, 3.63) is 47.3 Å². The maximum Gasteiger partial charge on any atom is 0.434 e. The summed E-state index contributed by atoms with van der Waals surface area (Å²) in [5.41, 5.74) is -0.880. The number of halogens is 3. The third-order valence-corrected chi connectivity index (χ3v) is 4.52. The molecule has 1 aliphatic carbocycles. The summed E-state index contributed by atoms with van der Waals surface area (Å²) in [7, 11) is 0. The molecule has 0 radical (unpaired) electrons. The summed E-state index contributed by atoms with van der Waals surface area (Å²) in [6, 6.07) is 7.23. The molecule has 0 bridgehead atoms. The Morgan fingerprint density at radius 3 is 2.56 bits per heavy atom. The first kappa shape index (κ1) is 17.7. The Bertz CT molecular complexity index is 774. The predicted octanol–water partition coefficient (Wildman–Crippen LogP) is 4.52. The van der Waals surface area contributed by atoms with Gasteiger partial charge in [0.1, 0.15) is 5.56 Å². The molecule has 4 nitrogen and oxygen atoms in total. The van der Waals surface area contributed by atoms with Crippen LogP contribution in [0.15, 0.2) is 40.5 Å². The second-order valence-corrected chi connectivity index (χ2v) is 6.91. The van der Waals surface area contributed by atoms with Gasteiger partial charge < -0.3 is 4.74 Å². The second kappa shape index (κ2) is 7.03. The third-order valence-electron chi connectivity index (χ3n) is 3.63. The molecule has 0 atom stereocenters. The Balaban J connectivity index is 1.83. The monoisotopic (exact) mass is 368 g/mol. The minimum Gasteiger partial charge on any atom is -0.462 e. The molecular formula is C17H15F3N2O2S. The quantitative estimate of drug-likeness (QED) is 0.574. The lowest BCUT2D eigenvalue weighted by atomic mass is 10.2. The molecule has 1 aliphatic rings. The Labute approximate surface area is 146 Å². The molecule has 3 rings (SSSR count). The molecule has 25 heavy (non-hydrogen) atoms. The van der Waals surface area contributed by atoms with Gasteiger partial charge >= 0.3 is 12.1 Å². The van der Waals surface area contributed by atoms with Gasteiger partial charge in [0.2, 0.25) is 0 Å². The van der Waals surface area contributed by atoms with E-state index in [0.29, 0.717) is 4.90 Å². The van der Waals surface area contributed by atoms with E-state index in [-0.39, 0.29) is 17.7 Å². The zero-order chi connectivity index (χ0) is 18.0. The largest absolute Gasteiger partial charge is 0.462 e. The first-order valence-corrected chi connectivity index (χ1v) is 8.50. The molecule has 0 aliphatic heterocycles. The lowest BCUT2D eigenvalue weighted by Gasteiger charge is -2.12. The predicted molar refractivity (Wildman–Crippen MR) is 85.3 cm³/mol. The van der Waals surface area contributed by atoms with Crippen molar-refractivity contribution < 1.29 is 22.7 Å². The topological polar surface area (TPSA) is 52.1 Å². The van der Waals surface area contributed by atoms with Crippen LogP contribution >= 0.6 is 11.8 Å². The van der Waals surface area contributed by atoms with E-state index in [1.165, 1.54) is 0 Å². The Morgan fingerprint density at radius 1 is 1.28 bits per heavy atom. The number of nitrogens with zero attached hydrogens (tertiary/aromatic N) is 2. The van der Waals surface area contributed by atoms with Crippen LogP contribution in [0.2, 0.25) is 0 Å². The number of carbonyl (C=O) groups is 1. The van der Waals surface area contributed by atoms with Gasteiger partial charge in [-0.15, -0.1) is 0 Å². The lowest BCUT2D eigenvalue weighted by molar-refractivity contribution is -0.142. The van der Waals surface area contributed by atoms with E-state index < -0.39 is 23.4 Å². The fourth-order valence-corrected chi connectivity index (χ4v) is 2.77. The number of hydrogen-bond donors (Lipinski definition) is 0. The Hall–Kier alpha value is -2.09. The summed E-state index contributed by atoms with van der Waals surface area (Å²) in [4.78, 5) is 20.1. The van der Waals surface area contributed by atoms with Crippen LogP contribution in [0.25, 0.3) is 0 Å². The normalized spacial score (nSPS) is 14.4. The van der Waals surface area contributed by atoms with Gasteiger partial charge in [0.25, 0.3) is 0 Å². The number of rotatable bonds is 5. The van der Waals surface area contributed by atoms with Gasteiger partial charge in [-0.1, -0.05) is 17.7 Å². The highest BCUT2D eigenvalue weighted by Crippen LogP contribution is 2.34. The molecule has 1 fully saturated rings. The van der Waals surface area contributed by atoms with E-state index >= 15 is 0 Å². The van der Waals surface area contributed by atoms with Crippen LogP contribution in [0.5, 0.6) is 0 Å². The summed E-state index contributed by atoms with van der Waals surface area (Å²) in [6.07, 6.45) is -2.01. The van der Waals surface area contributed by atoms with Crippen LogP contribution in [0, 0.1) is 12.8 Å². The van der Waals surface area contributed by atoms with Gasteiger partial charge in [0.15, 0.2) is 10.9 Å². The number of ether oxygens (including phenoxy) is 1. The van der Waals surface area contributed by atoms with Crippen molar-refractivity contribution in [3.63, 3.8) is 0 Å². The van der Waals surface area contributed by atoms with Crippen LogP contribution in [0.3, 0.4) is 0 Å². The van der Waals surface area contributed by atoms with E-state index in [2.05, 4.69) is 9.97 Å². The van der Waals surface area contributed by atoms with Crippen LogP contribution < -0.4 is 0 Å². The average molecular weight is 368 g/mol. The van der Waals surface area contributed by atoms with Crippen LogP contribution in [-0.2, 0) is 10.9 Å². The molecule has 1 aromatic carbocycles. The molecule has 8 heteroatoms. The summed E-state index contributed by atoms with van der Waals surface area (Å²) in [5, 5.41) is -0.0741. The Kier molecular flexibility index (Phi) is 4.99. The molecule has 0 unspecified atom stereocenters. The molecule has 0 N–H and O–H groups in total. The number of alkyl halides is 3. The first-order valence-electron chi connectivity index (χ1n) is 7.69. The van der Waals surface area contributed by atoms with Crippen molar-refractivity contribution in [2.24, 2.45) is 5.92 Å². The van der Waals surface area contributed by atoms with Crippen LogP contribution in [-0.4, -0.2) is 22.5 Å². The van der Waals surface area contributed by atoms with E-state index in [1.807, 2.05) is 19.1 Å². The van der Waals surface area contributed by atoms with Crippen molar-refractivity contribution in [2.75, 3.05) is 6.61 Å². The minimum absolute atomic E-state index is 0.0741. The highest BCUT2D eigenvalue weighted by molar-refractivity contribution is 7.99.